The number of carbonyl (C=O) groups is 3. The minimum atomic E-state index is -0.986. The van der Waals surface area contributed by atoms with E-state index in [1.54, 1.807) is 44.2 Å². The van der Waals surface area contributed by atoms with Gasteiger partial charge in [-0.2, -0.15) is 0 Å². The number of pyridine rings is 1. The number of aromatic amines is 2. The summed E-state index contributed by atoms with van der Waals surface area (Å²) in [4.78, 5) is 55.5. The largest absolute Gasteiger partial charge is 0.494 e. The van der Waals surface area contributed by atoms with Crippen molar-refractivity contribution < 1.29 is 24.6 Å². The first-order valence-corrected chi connectivity index (χ1v) is 11.1. The van der Waals surface area contributed by atoms with Gasteiger partial charge in [-0.05, 0) is 18.4 Å². The summed E-state index contributed by atoms with van der Waals surface area (Å²) in [6.07, 6.45) is 1.17. The standard InChI is InChI=1S/C25H28N4O6/c1-13(2)21(22(32)20-14(3)23(33)29-25(20)35)28-19(31)12-17(15-7-5-4-6-8-15)27-24(34)18-11-16(30)9-10-26-18/h4-11,13,17,21,29,33,35H,12H2,1-3H3,(H,26,30)(H,27,34)(H,28,31)/t17-,21+/m0/s1. The van der Waals surface area contributed by atoms with Crippen LogP contribution in [0.2, 0.25) is 0 Å². The SMILES string of the molecule is Cc1c(O)[nH]c(O)c1C(=O)[C@H](NC(=O)C[C@H](NC(=O)c1cc(=O)cc[nH]1)c1ccccc1)C(C)C. The fourth-order valence-electron chi connectivity index (χ4n) is 3.72. The Kier molecular flexibility index (Phi) is 7.75. The smallest absolute Gasteiger partial charge is 0.268 e. The van der Waals surface area contributed by atoms with Crippen LogP contribution in [-0.2, 0) is 4.79 Å². The predicted octanol–water partition coefficient (Wildman–Crippen LogP) is 2.31. The van der Waals surface area contributed by atoms with Crippen LogP contribution < -0.4 is 16.1 Å². The Bertz CT molecular complexity index is 1280. The molecule has 0 spiro atoms. The lowest BCUT2D eigenvalue weighted by molar-refractivity contribution is -0.122. The van der Waals surface area contributed by atoms with E-state index in [0.29, 0.717) is 5.56 Å². The summed E-state index contributed by atoms with van der Waals surface area (Å²) < 4.78 is 0. The third kappa shape index (κ3) is 5.97. The molecule has 0 unspecified atom stereocenters. The molecule has 0 aliphatic heterocycles. The lowest BCUT2D eigenvalue weighted by Crippen LogP contribution is -2.45. The fourth-order valence-corrected chi connectivity index (χ4v) is 3.72. The number of amides is 2. The molecule has 0 aliphatic rings. The Morgan fingerprint density at radius 2 is 1.69 bits per heavy atom. The van der Waals surface area contributed by atoms with Crippen LogP contribution in [0.25, 0.3) is 0 Å². The molecule has 0 saturated heterocycles. The van der Waals surface area contributed by atoms with Crippen LogP contribution in [0.1, 0.15) is 58.3 Å². The normalized spacial score (nSPS) is 12.7. The zero-order valence-electron chi connectivity index (χ0n) is 19.6. The number of nitrogens with one attached hydrogen (secondary N) is 4. The van der Waals surface area contributed by atoms with Gasteiger partial charge in [-0.25, -0.2) is 0 Å². The van der Waals surface area contributed by atoms with Crippen LogP contribution in [0, 0.1) is 12.8 Å². The number of hydrogen-bond donors (Lipinski definition) is 6. The molecule has 1 aromatic carbocycles. The average molecular weight is 481 g/mol. The van der Waals surface area contributed by atoms with Crippen molar-refractivity contribution in [2.45, 2.75) is 39.3 Å². The van der Waals surface area contributed by atoms with E-state index < -0.39 is 35.6 Å². The summed E-state index contributed by atoms with van der Waals surface area (Å²) in [7, 11) is 0. The fraction of sp³-hybridized carbons (Fsp3) is 0.280. The Labute approximate surface area is 201 Å². The van der Waals surface area contributed by atoms with Crippen molar-refractivity contribution in [3.8, 4) is 11.8 Å². The van der Waals surface area contributed by atoms with E-state index in [1.807, 2.05) is 0 Å². The first-order chi connectivity index (χ1) is 16.6. The molecule has 0 radical (unpaired) electrons. The van der Waals surface area contributed by atoms with Gasteiger partial charge in [-0.15, -0.1) is 0 Å². The topological polar surface area (TPSA) is 164 Å². The van der Waals surface area contributed by atoms with Crippen LogP contribution in [-0.4, -0.2) is 43.8 Å². The molecule has 2 heterocycles. The molecule has 0 bridgehead atoms. The number of Topliss-reactive ketones (excluding diaryl/α,β-unsaturated/α-hetero) is 1. The molecule has 184 valence electrons. The molecule has 10 nitrogen and oxygen atoms in total. The molecule has 2 aromatic heterocycles. The molecule has 3 aromatic rings. The number of aromatic nitrogens is 2. The molecule has 2 amide bonds. The van der Waals surface area contributed by atoms with Crippen molar-refractivity contribution in [2.24, 2.45) is 5.92 Å². The van der Waals surface area contributed by atoms with Gasteiger partial charge in [-0.1, -0.05) is 44.2 Å². The van der Waals surface area contributed by atoms with E-state index in [1.165, 1.54) is 19.2 Å². The monoisotopic (exact) mass is 480 g/mol. The van der Waals surface area contributed by atoms with Crippen LogP contribution in [0.3, 0.4) is 0 Å². The molecule has 10 heteroatoms. The summed E-state index contributed by atoms with van der Waals surface area (Å²) in [5.41, 5.74) is 0.453. The Morgan fingerprint density at radius 1 is 1.00 bits per heavy atom. The van der Waals surface area contributed by atoms with Gasteiger partial charge in [-0.3, -0.25) is 24.2 Å². The van der Waals surface area contributed by atoms with E-state index in [9.17, 15) is 29.4 Å². The van der Waals surface area contributed by atoms with Crippen molar-refractivity contribution >= 4 is 17.6 Å². The zero-order valence-corrected chi connectivity index (χ0v) is 19.6. The summed E-state index contributed by atoms with van der Waals surface area (Å²) in [5.74, 6) is -2.76. The number of hydrogen-bond acceptors (Lipinski definition) is 6. The summed E-state index contributed by atoms with van der Waals surface area (Å²) in [6, 6.07) is 9.54. The Hall–Kier alpha value is -4.34. The van der Waals surface area contributed by atoms with Gasteiger partial charge in [0.2, 0.25) is 11.8 Å². The van der Waals surface area contributed by atoms with Crippen molar-refractivity contribution in [1.29, 1.82) is 0 Å². The molecule has 6 N–H and O–H groups in total. The molecule has 3 rings (SSSR count). The maximum Gasteiger partial charge on any atom is 0.268 e. The molecular weight excluding hydrogens is 452 g/mol. The number of benzene rings is 1. The van der Waals surface area contributed by atoms with E-state index >= 15 is 0 Å². The van der Waals surface area contributed by atoms with Crippen molar-refractivity contribution in [2.75, 3.05) is 0 Å². The number of carbonyl (C=O) groups excluding carboxylic acids is 3. The lowest BCUT2D eigenvalue weighted by Gasteiger charge is -2.24. The van der Waals surface area contributed by atoms with Gasteiger partial charge in [0, 0.05) is 23.9 Å². The highest BCUT2D eigenvalue weighted by atomic mass is 16.3. The number of H-pyrrole nitrogens is 2. The van der Waals surface area contributed by atoms with Crippen LogP contribution in [0.4, 0.5) is 0 Å². The van der Waals surface area contributed by atoms with E-state index in [4.69, 9.17) is 0 Å². The summed E-state index contributed by atoms with van der Waals surface area (Å²) >= 11 is 0. The van der Waals surface area contributed by atoms with E-state index in [0.717, 1.165) is 6.07 Å². The average Bonchev–Trinajstić information content (AvgIpc) is 3.07. The molecule has 0 fully saturated rings. The van der Waals surface area contributed by atoms with Gasteiger partial charge in [0.25, 0.3) is 5.91 Å². The zero-order chi connectivity index (χ0) is 25.7. The van der Waals surface area contributed by atoms with Crippen LogP contribution in [0.15, 0.2) is 53.5 Å². The predicted molar refractivity (Wildman–Crippen MR) is 128 cm³/mol. The summed E-state index contributed by atoms with van der Waals surface area (Å²) in [6.45, 7) is 4.96. The second kappa shape index (κ2) is 10.7. The maximum atomic E-state index is 13.1. The highest BCUT2D eigenvalue weighted by Gasteiger charge is 2.31. The van der Waals surface area contributed by atoms with Crippen LogP contribution >= 0.6 is 0 Å². The second-order valence-corrected chi connectivity index (χ2v) is 8.55. The Morgan fingerprint density at radius 3 is 2.26 bits per heavy atom. The minimum Gasteiger partial charge on any atom is -0.494 e. The highest BCUT2D eigenvalue weighted by molar-refractivity contribution is 6.05. The third-order valence-electron chi connectivity index (χ3n) is 5.63. The van der Waals surface area contributed by atoms with E-state index in [-0.39, 0.29) is 40.5 Å². The van der Waals surface area contributed by atoms with Gasteiger partial charge in [0.1, 0.15) is 5.69 Å². The first kappa shape index (κ1) is 25.3. The van der Waals surface area contributed by atoms with Crippen molar-refractivity contribution in [1.82, 2.24) is 20.6 Å². The lowest BCUT2D eigenvalue weighted by atomic mass is 9.93. The van der Waals surface area contributed by atoms with Gasteiger partial charge >= 0.3 is 0 Å². The molecular formula is C25H28N4O6. The molecule has 35 heavy (non-hydrogen) atoms. The van der Waals surface area contributed by atoms with Crippen molar-refractivity contribution in [3.05, 3.63) is 81.3 Å². The quantitative estimate of drug-likeness (QED) is 0.257. The number of ketones is 1. The van der Waals surface area contributed by atoms with Gasteiger partial charge in [0.15, 0.2) is 17.1 Å². The van der Waals surface area contributed by atoms with Crippen molar-refractivity contribution in [3.63, 3.8) is 0 Å². The van der Waals surface area contributed by atoms with Crippen LogP contribution in [0.5, 0.6) is 11.8 Å². The first-order valence-electron chi connectivity index (χ1n) is 11.1. The minimum absolute atomic E-state index is 0.0484. The maximum absolute atomic E-state index is 13.1. The van der Waals surface area contributed by atoms with E-state index in [2.05, 4.69) is 20.6 Å². The highest BCUT2D eigenvalue weighted by Crippen LogP contribution is 2.30. The summed E-state index contributed by atoms with van der Waals surface area (Å²) in [5, 5.41) is 25.3. The van der Waals surface area contributed by atoms with Gasteiger partial charge in [0.05, 0.1) is 24.1 Å². The molecule has 0 saturated carbocycles. The Balaban J connectivity index is 1.81. The second-order valence-electron chi connectivity index (χ2n) is 8.55. The molecule has 2 atom stereocenters. The number of rotatable bonds is 9. The third-order valence-corrected chi connectivity index (χ3v) is 5.63. The number of aromatic hydroxyl groups is 2. The molecule has 0 aliphatic carbocycles. The van der Waals surface area contributed by atoms with Gasteiger partial charge < -0.3 is 25.8 Å².